The molecule has 0 aromatic carbocycles. The van der Waals surface area contributed by atoms with E-state index in [9.17, 15) is 20.1 Å². The largest absolute Gasteiger partial charge is 0.479 e. The monoisotopic (exact) mass is 398 g/mol. The fraction of sp³-hybridized carbons (Fsp3) is 0.667. The highest BCUT2D eigenvalue weighted by molar-refractivity contribution is 5.73. The van der Waals surface area contributed by atoms with Gasteiger partial charge < -0.3 is 29.9 Å². The maximum absolute atomic E-state index is 11.1. The molecule has 0 aromatic heterocycles. The minimum absolute atomic E-state index is 0.103. The summed E-state index contributed by atoms with van der Waals surface area (Å²) < 4.78 is 10.4. The van der Waals surface area contributed by atoms with Crippen LogP contribution in [0.5, 0.6) is 0 Å². The molecular weight excluding hydrogens is 364 g/mol. The van der Waals surface area contributed by atoms with Crippen LogP contribution >= 0.6 is 0 Å². The van der Waals surface area contributed by atoms with Crippen molar-refractivity contribution in [2.75, 3.05) is 6.61 Å². The number of carboxylic acids is 1. The van der Waals surface area contributed by atoms with Crippen molar-refractivity contribution in [2.24, 2.45) is 0 Å². The number of carboxylic acid groups (broad SMARTS) is 1. The Bertz CT molecular complexity index is 590. The van der Waals surface area contributed by atoms with Gasteiger partial charge in [-0.05, 0) is 53.4 Å². The first kappa shape index (κ1) is 24.5. The Balaban J connectivity index is 2.42. The van der Waals surface area contributed by atoms with E-state index in [1.54, 1.807) is 0 Å². The minimum atomic E-state index is -1.71. The first-order valence-electron chi connectivity index (χ1n) is 9.62. The highest BCUT2D eigenvalue weighted by Crippen LogP contribution is 2.22. The lowest BCUT2D eigenvalue weighted by atomic mass is 9.99. The van der Waals surface area contributed by atoms with E-state index in [1.807, 2.05) is 13.0 Å². The van der Waals surface area contributed by atoms with Gasteiger partial charge in [0.05, 0.1) is 6.61 Å². The molecule has 7 nitrogen and oxygen atoms in total. The summed E-state index contributed by atoms with van der Waals surface area (Å²) in [6.07, 6.45) is 2.30. The summed E-state index contributed by atoms with van der Waals surface area (Å²) in [7, 11) is 0. The van der Waals surface area contributed by atoms with Crippen molar-refractivity contribution in [1.29, 1.82) is 0 Å². The molecule has 0 bridgehead atoms. The van der Waals surface area contributed by atoms with Crippen LogP contribution in [0.1, 0.15) is 53.4 Å². The van der Waals surface area contributed by atoms with Crippen LogP contribution in [0, 0.1) is 0 Å². The number of hydrogen-bond donors (Lipinski definition) is 4. The molecule has 1 saturated heterocycles. The maximum Gasteiger partial charge on any atom is 0.335 e. The molecule has 160 valence electrons. The van der Waals surface area contributed by atoms with Gasteiger partial charge in [0.15, 0.2) is 12.4 Å². The molecule has 1 aliphatic heterocycles. The molecule has 0 spiro atoms. The van der Waals surface area contributed by atoms with Crippen molar-refractivity contribution < 1.29 is 34.7 Å². The normalized spacial score (nSPS) is 28.9. The van der Waals surface area contributed by atoms with Crippen LogP contribution in [0.25, 0.3) is 0 Å². The van der Waals surface area contributed by atoms with E-state index < -0.39 is 36.7 Å². The van der Waals surface area contributed by atoms with Gasteiger partial charge in [-0.1, -0.05) is 34.9 Å². The molecule has 1 heterocycles. The lowest BCUT2D eigenvalue weighted by Crippen LogP contribution is -2.60. The molecule has 5 atom stereocenters. The van der Waals surface area contributed by atoms with Crippen molar-refractivity contribution in [2.45, 2.75) is 84.1 Å². The lowest BCUT2D eigenvalue weighted by molar-refractivity contribution is -0.291. The summed E-state index contributed by atoms with van der Waals surface area (Å²) in [5, 5.41) is 38.3. The number of rotatable bonds is 10. The molecule has 0 amide bonds. The molecule has 0 saturated carbocycles. The van der Waals surface area contributed by atoms with Crippen LogP contribution in [0.4, 0.5) is 0 Å². The van der Waals surface area contributed by atoms with Gasteiger partial charge in [0.25, 0.3) is 0 Å². The van der Waals surface area contributed by atoms with Crippen molar-refractivity contribution >= 4 is 5.97 Å². The average molecular weight is 398 g/mol. The molecule has 28 heavy (non-hydrogen) atoms. The predicted octanol–water partition coefficient (Wildman–Crippen LogP) is 2.31. The zero-order valence-electron chi connectivity index (χ0n) is 17.2. The van der Waals surface area contributed by atoms with Gasteiger partial charge in [0.2, 0.25) is 0 Å². The second-order valence-electron chi connectivity index (χ2n) is 7.53. The van der Waals surface area contributed by atoms with E-state index >= 15 is 0 Å². The topological polar surface area (TPSA) is 116 Å². The molecule has 0 aliphatic carbocycles. The Hall–Kier alpha value is -1.51. The summed E-state index contributed by atoms with van der Waals surface area (Å²) in [5.41, 5.74) is 3.77. The quantitative estimate of drug-likeness (QED) is 0.417. The van der Waals surface area contributed by atoms with E-state index in [2.05, 4.69) is 32.9 Å². The highest BCUT2D eigenvalue weighted by atomic mass is 16.7. The lowest BCUT2D eigenvalue weighted by Gasteiger charge is -2.38. The molecule has 5 unspecified atom stereocenters. The average Bonchev–Trinajstić information content (AvgIpc) is 2.61. The summed E-state index contributed by atoms with van der Waals surface area (Å²) in [6.45, 7) is 8.38. The third kappa shape index (κ3) is 8.24. The van der Waals surface area contributed by atoms with Crippen molar-refractivity contribution in [1.82, 2.24) is 0 Å². The van der Waals surface area contributed by atoms with Crippen molar-refractivity contribution in [3.8, 4) is 0 Å². The summed E-state index contributed by atoms with van der Waals surface area (Å²) in [6, 6.07) is 0. The van der Waals surface area contributed by atoms with Gasteiger partial charge in [0, 0.05) is 0 Å². The number of ether oxygens (including phenoxy) is 2. The molecule has 4 N–H and O–H groups in total. The summed E-state index contributed by atoms with van der Waals surface area (Å²) in [5.74, 6) is -1.43. The van der Waals surface area contributed by atoms with Gasteiger partial charge in [-0.2, -0.15) is 0 Å². The van der Waals surface area contributed by atoms with Gasteiger partial charge in [-0.15, -0.1) is 0 Å². The predicted molar refractivity (Wildman–Crippen MR) is 106 cm³/mol. The SMILES string of the molecule is CC(C)=CCC/C(C)=C/CC/C(C)=C/COC1OC(C(=O)O)C(O)C(O)C1O. The second kappa shape index (κ2) is 12.1. The van der Waals surface area contributed by atoms with E-state index in [0.717, 1.165) is 31.3 Å². The number of carbonyl (C=O) groups is 1. The smallest absolute Gasteiger partial charge is 0.335 e. The minimum Gasteiger partial charge on any atom is -0.479 e. The number of hydrogen-bond acceptors (Lipinski definition) is 6. The van der Waals surface area contributed by atoms with Gasteiger partial charge in [-0.25, -0.2) is 4.79 Å². The number of aliphatic hydroxyl groups excluding tert-OH is 3. The maximum atomic E-state index is 11.1. The van der Waals surface area contributed by atoms with Gasteiger partial charge >= 0.3 is 5.97 Å². The van der Waals surface area contributed by atoms with Gasteiger partial charge in [0.1, 0.15) is 18.3 Å². The Morgan fingerprint density at radius 2 is 1.46 bits per heavy atom. The van der Waals surface area contributed by atoms with E-state index in [0.29, 0.717) is 0 Å². The molecule has 0 radical (unpaired) electrons. The zero-order valence-corrected chi connectivity index (χ0v) is 17.2. The molecule has 7 heteroatoms. The van der Waals surface area contributed by atoms with Crippen LogP contribution in [0.3, 0.4) is 0 Å². The number of aliphatic hydroxyl groups is 3. The summed E-state index contributed by atoms with van der Waals surface area (Å²) in [4.78, 5) is 11.1. The number of aliphatic carboxylic acids is 1. The molecular formula is C21H34O7. The Labute approximate surface area is 167 Å². The fourth-order valence-electron chi connectivity index (χ4n) is 2.81. The Morgan fingerprint density at radius 1 is 0.893 bits per heavy atom. The third-order valence-corrected chi connectivity index (χ3v) is 4.63. The molecule has 1 rings (SSSR count). The van der Waals surface area contributed by atoms with Crippen molar-refractivity contribution in [3.05, 3.63) is 34.9 Å². The highest BCUT2D eigenvalue weighted by Gasteiger charge is 2.47. The molecule has 0 aromatic rings. The van der Waals surface area contributed by atoms with Crippen LogP contribution < -0.4 is 0 Å². The number of allylic oxidation sites excluding steroid dienone is 5. The molecule has 1 aliphatic rings. The zero-order chi connectivity index (χ0) is 21.3. The van der Waals surface area contributed by atoms with Crippen LogP contribution in [0.15, 0.2) is 34.9 Å². The van der Waals surface area contributed by atoms with Crippen molar-refractivity contribution in [3.63, 3.8) is 0 Å². The van der Waals surface area contributed by atoms with E-state index in [1.165, 1.54) is 11.1 Å². The van der Waals surface area contributed by atoms with Crippen LogP contribution in [-0.4, -0.2) is 63.7 Å². The van der Waals surface area contributed by atoms with Crippen LogP contribution in [-0.2, 0) is 14.3 Å². The van der Waals surface area contributed by atoms with E-state index in [-0.39, 0.29) is 6.61 Å². The Kier molecular flexibility index (Phi) is 10.6. The first-order valence-corrected chi connectivity index (χ1v) is 9.62. The third-order valence-electron chi connectivity index (χ3n) is 4.63. The Morgan fingerprint density at radius 3 is 2.04 bits per heavy atom. The van der Waals surface area contributed by atoms with E-state index in [4.69, 9.17) is 14.6 Å². The second-order valence-corrected chi connectivity index (χ2v) is 7.53. The van der Waals surface area contributed by atoms with Crippen LogP contribution in [0.2, 0.25) is 0 Å². The van der Waals surface area contributed by atoms with Gasteiger partial charge in [-0.3, -0.25) is 0 Å². The first-order chi connectivity index (χ1) is 13.1. The standard InChI is InChI=1S/C21H34O7/c1-13(2)7-5-8-14(3)9-6-10-15(4)11-12-27-21-18(24)16(22)17(23)19(28-21)20(25)26/h7,9,11,16-19,21-24H,5-6,8,10,12H2,1-4H3,(H,25,26)/b14-9+,15-11+. The molecule has 1 fully saturated rings. The fourth-order valence-corrected chi connectivity index (χ4v) is 2.81. The summed E-state index contributed by atoms with van der Waals surface area (Å²) >= 11 is 0.